The third kappa shape index (κ3) is 8.17. The zero-order valence-electron chi connectivity index (χ0n) is 29.2. The molecule has 4 atom stereocenters. The highest BCUT2D eigenvalue weighted by Gasteiger charge is 2.53. The quantitative estimate of drug-likeness (QED) is 0.114. The topological polar surface area (TPSA) is 189 Å². The first-order valence-corrected chi connectivity index (χ1v) is 16.2. The summed E-state index contributed by atoms with van der Waals surface area (Å²) in [6, 6.07) is 16.9. The summed E-state index contributed by atoms with van der Waals surface area (Å²) in [6.45, 7) is 8.93. The number of fused-ring (bicyclic) bond motifs is 1. The number of primary amides is 1. The van der Waals surface area contributed by atoms with Gasteiger partial charge in [0.25, 0.3) is 5.91 Å². The number of phenols is 1. The van der Waals surface area contributed by atoms with E-state index >= 15 is 0 Å². The van der Waals surface area contributed by atoms with E-state index in [2.05, 4.69) is 5.32 Å². The van der Waals surface area contributed by atoms with Gasteiger partial charge in [-0.3, -0.25) is 4.79 Å². The van der Waals surface area contributed by atoms with Crippen molar-refractivity contribution in [3.8, 4) is 17.2 Å². The Morgan fingerprint density at radius 2 is 1.80 bits per heavy atom. The number of hydrogen-bond donors (Lipinski definition) is 4. The lowest BCUT2D eigenvalue weighted by molar-refractivity contribution is -0.304. The van der Waals surface area contributed by atoms with E-state index in [4.69, 9.17) is 33.8 Å². The molecule has 0 radical (unpaired) electrons. The van der Waals surface area contributed by atoms with Crippen molar-refractivity contribution in [1.82, 2.24) is 0 Å². The van der Waals surface area contributed by atoms with E-state index in [1.54, 1.807) is 39.0 Å². The Hall–Kier alpha value is -5.37. The van der Waals surface area contributed by atoms with Crippen LogP contribution in [0, 0.1) is 6.92 Å². The first-order chi connectivity index (χ1) is 24.2. The molecule has 1 aliphatic rings. The molecular formula is C38H42N2O11. The van der Waals surface area contributed by atoms with E-state index in [0.29, 0.717) is 22.9 Å². The van der Waals surface area contributed by atoms with E-state index < -0.39 is 47.8 Å². The van der Waals surface area contributed by atoms with Gasteiger partial charge in [-0.05, 0) is 82.5 Å². The lowest BCUT2D eigenvalue weighted by atomic mass is 9.89. The molecule has 4 aromatic rings. The molecule has 0 bridgehead atoms. The number of aliphatic hydroxyl groups is 1. The second-order valence-corrected chi connectivity index (χ2v) is 13.0. The molecule has 1 aromatic heterocycles. The largest absolute Gasteiger partial charge is 0.508 e. The molecule has 3 aromatic carbocycles. The molecule has 0 unspecified atom stereocenters. The fraction of sp³-hybridized carbons (Fsp3) is 0.342. The van der Waals surface area contributed by atoms with Gasteiger partial charge in [-0.15, -0.1) is 0 Å². The minimum Gasteiger partial charge on any atom is -0.508 e. The molecular weight excluding hydrogens is 660 g/mol. The number of carbonyl (C=O) groups is 2. The number of carbonyl (C=O) groups excluding carboxylic acids is 2. The molecule has 51 heavy (non-hydrogen) atoms. The number of phenolic OH excluding ortho intramolecular Hbond substituents is 1. The fourth-order valence-corrected chi connectivity index (χ4v) is 5.93. The van der Waals surface area contributed by atoms with E-state index in [-0.39, 0.29) is 40.7 Å². The van der Waals surface area contributed by atoms with Crippen molar-refractivity contribution in [3.05, 3.63) is 105 Å². The maximum absolute atomic E-state index is 13.6. The molecule has 13 nitrogen and oxygen atoms in total. The number of aryl methyl sites for hydroxylation is 1. The van der Waals surface area contributed by atoms with Crippen LogP contribution in [0.5, 0.6) is 17.2 Å². The van der Waals surface area contributed by atoms with Gasteiger partial charge in [-0.1, -0.05) is 42.0 Å². The number of allylic oxidation sites excluding steroid dienone is 2. The van der Waals surface area contributed by atoms with Crippen LogP contribution < -0.4 is 26.1 Å². The summed E-state index contributed by atoms with van der Waals surface area (Å²) >= 11 is 0. The number of hydrogen-bond acceptors (Lipinski definition) is 11. The summed E-state index contributed by atoms with van der Waals surface area (Å²) in [5.74, 6) is -0.337. The Balaban J connectivity index is 1.53. The number of aromatic hydroxyl groups is 1. The van der Waals surface area contributed by atoms with Crippen LogP contribution in [0.4, 0.5) is 10.5 Å². The van der Waals surface area contributed by atoms with E-state index in [1.165, 1.54) is 19.2 Å². The molecule has 5 rings (SSSR count). The van der Waals surface area contributed by atoms with Crippen molar-refractivity contribution in [2.75, 3.05) is 12.4 Å². The number of nitrogens with two attached hydrogens (primary N) is 1. The van der Waals surface area contributed by atoms with Gasteiger partial charge in [0.1, 0.15) is 29.8 Å². The molecule has 5 N–H and O–H groups in total. The third-order valence-electron chi connectivity index (χ3n) is 8.53. The van der Waals surface area contributed by atoms with Gasteiger partial charge in [-0.25, -0.2) is 9.59 Å². The van der Waals surface area contributed by atoms with Crippen LogP contribution in [0.25, 0.3) is 11.0 Å². The maximum atomic E-state index is 13.6. The number of methoxy groups -OCH3 is 1. The van der Waals surface area contributed by atoms with Crippen molar-refractivity contribution < 1.29 is 47.9 Å². The molecule has 0 spiro atoms. The molecule has 1 fully saturated rings. The van der Waals surface area contributed by atoms with Gasteiger partial charge in [-0.2, -0.15) is 0 Å². The summed E-state index contributed by atoms with van der Waals surface area (Å²) < 4.78 is 34.8. The average molecular weight is 703 g/mol. The van der Waals surface area contributed by atoms with Crippen molar-refractivity contribution in [2.45, 2.75) is 77.8 Å². The standard InChI is InChI=1S/C38H42N2O11/c1-20(2)12-13-23-18-24(14-16-26(23)41)34(43)40-28-31(47-19-22-10-8-7-9-11-22)25-15-17-27(21(3)30(25)49-35(28)44)48-36-29(42)32(50-37(39)45)33(46-6)38(4,5)51-36/h7-12,14-18,29,32-33,36,41-42H,13,19H2,1-6H3,(H2,39,45)(H,40,43)/t29-,32+,33-,36-/m1/s1. The SMILES string of the molecule is CO[C@@H]1[C@@H](OC(N)=O)[C@@H](O)[C@H](Oc2ccc3c(OCc4ccccc4)c(NC(=O)c4ccc(O)c(CC=C(C)C)c4)c(=O)oc3c2C)OC1(C)C. The third-order valence-corrected chi connectivity index (χ3v) is 8.53. The second kappa shape index (κ2) is 15.3. The molecule has 0 saturated carbocycles. The van der Waals surface area contributed by atoms with Gasteiger partial charge in [0, 0.05) is 18.2 Å². The zero-order valence-corrected chi connectivity index (χ0v) is 29.2. The van der Waals surface area contributed by atoms with Crippen LogP contribution in [0.3, 0.4) is 0 Å². The lowest BCUT2D eigenvalue weighted by Gasteiger charge is -2.47. The van der Waals surface area contributed by atoms with E-state index in [1.807, 2.05) is 50.3 Å². The van der Waals surface area contributed by atoms with Crippen LogP contribution in [0.1, 0.15) is 54.7 Å². The number of amides is 2. The maximum Gasteiger partial charge on any atom is 0.404 e. The fourth-order valence-electron chi connectivity index (χ4n) is 5.93. The molecule has 2 amide bonds. The Labute approximate surface area is 294 Å². The first-order valence-electron chi connectivity index (χ1n) is 16.2. The summed E-state index contributed by atoms with van der Waals surface area (Å²) in [7, 11) is 1.39. The van der Waals surface area contributed by atoms with Crippen molar-refractivity contribution in [3.63, 3.8) is 0 Å². The Morgan fingerprint density at radius 1 is 1.08 bits per heavy atom. The van der Waals surface area contributed by atoms with Crippen LogP contribution in [0.15, 0.2) is 81.5 Å². The summed E-state index contributed by atoms with van der Waals surface area (Å²) in [5, 5.41) is 24.5. The van der Waals surface area contributed by atoms with Crippen LogP contribution in [-0.4, -0.2) is 59.5 Å². The van der Waals surface area contributed by atoms with Gasteiger partial charge < -0.3 is 49.4 Å². The van der Waals surface area contributed by atoms with Gasteiger partial charge in [0.2, 0.25) is 6.29 Å². The monoisotopic (exact) mass is 702 g/mol. The van der Waals surface area contributed by atoms with Crippen molar-refractivity contribution in [2.24, 2.45) is 5.73 Å². The summed E-state index contributed by atoms with van der Waals surface area (Å²) in [4.78, 5) is 38.9. The highest BCUT2D eigenvalue weighted by atomic mass is 16.7. The summed E-state index contributed by atoms with van der Waals surface area (Å²) in [6.07, 6.45) is -3.73. The zero-order chi connectivity index (χ0) is 37.0. The number of ether oxygens (including phenoxy) is 5. The first kappa shape index (κ1) is 36.9. The lowest BCUT2D eigenvalue weighted by Crippen LogP contribution is -2.65. The summed E-state index contributed by atoms with van der Waals surface area (Å²) in [5.41, 5.74) is 6.12. The van der Waals surface area contributed by atoms with Gasteiger partial charge in [0.15, 0.2) is 23.6 Å². The van der Waals surface area contributed by atoms with Crippen LogP contribution >= 0.6 is 0 Å². The van der Waals surface area contributed by atoms with E-state index in [9.17, 15) is 24.6 Å². The number of aliphatic hydroxyl groups excluding tert-OH is 1. The van der Waals surface area contributed by atoms with Crippen molar-refractivity contribution >= 4 is 28.7 Å². The average Bonchev–Trinajstić information content (AvgIpc) is 3.08. The minimum absolute atomic E-state index is 0.0405. The normalized spacial score (nSPS) is 19.6. The van der Waals surface area contributed by atoms with E-state index in [0.717, 1.165) is 11.1 Å². The van der Waals surface area contributed by atoms with Gasteiger partial charge in [0.05, 0.1) is 11.0 Å². The predicted octanol–water partition coefficient (Wildman–Crippen LogP) is 5.50. The van der Waals surface area contributed by atoms with Crippen molar-refractivity contribution in [1.29, 1.82) is 0 Å². The number of rotatable bonds is 11. The Morgan fingerprint density at radius 3 is 2.47 bits per heavy atom. The number of anilines is 1. The molecule has 2 heterocycles. The highest BCUT2D eigenvalue weighted by Crippen LogP contribution is 2.39. The molecule has 1 aliphatic heterocycles. The molecule has 0 aliphatic carbocycles. The van der Waals surface area contributed by atoms with Crippen LogP contribution in [-0.2, 0) is 27.2 Å². The Bertz CT molecular complexity index is 2000. The Kier molecular flexibility index (Phi) is 11.0. The number of nitrogens with one attached hydrogen (secondary N) is 1. The predicted molar refractivity (Wildman–Crippen MR) is 188 cm³/mol. The number of benzene rings is 3. The minimum atomic E-state index is -1.51. The smallest absolute Gasteiger partial charge is 0.404 e. The molecule has 13 heteroatoms. The van der Waals surface area contributed by atoms with Crippen LogP contribution in [0.2, 0.25) is 0 Å². The molecule has 270 valence electrons. The second-order valence-electron chi connectivity index (χ2n) is 13.0. The molecule has 1 saturated heterocycles. The highest BCUT2D eigenvalue weighted by molar-refractivity contribution is 6.06. The van der Waals surface area contributed by atoms with Gasteiger partial charge >= 0.3 is 11.7 Å².